The molecule has 0 unspecified atom stereocenters. The first-order valence-corrected chi connectivity index (χ1v) is 13.4. The number of nitrogens with one attached hydrogen (secondary N) is 1. The van der Waals surface area contributed by atoms with Crippen LogP contribution in [0, 0.1) is 23.2 Å². The van der Waals surface area contributed by atoms with Gasteiger partial charge >= 0.3 is 5.97 Å². The zero-order chi connectivity index (χ0) is 27.9. The fourth-order valence-corrected chi connectivity index (χ4v) is 6.27. The number of amides is 1. The molecule has 8 nitrogen and oxygen atoms in total. The Hall–Kier alpha value is -4.64. The molecule has 4 aromatic rings. The second-order valence-corrected chi connectivity index (χ2v) is 10.9. The van der Waals surface area contributed by atoms with Gasteiger partial charge in [0.2, 0.25) is 5.88 Å². The number of nitrogens with zero attached hydrogens (tertiary/aromatic N) is 3. The Labute approximate surface area is 232 Å². The van der Waals surface area contributed by atoms with Gasteiger partial charge in [0.05, 0.1) is 36.8 Å². The number of aromatic nitrogens is 3. The monoisotopic (exact) mass is 534 g/mol. The Morgan fingerprint density at radius 2 is 1.88 bits per heavy atom. The minimum atomic E-state index is -0.712. The smallest absolute Gasteiger partial charge is 0.306 e. The van der Waals surface area contributed by atoms with Crippen LogP contribution in [-0.4, -0.2) is 44.9 Å². The van der Waals surface area contributed by atoms with E-state index in [0.717, 1.165) is 46.0 Å². The highest BCUT2D eigenvalue weighted by Crippen LogP contribution is 2.58. The van der Waals surface area contributed by atoms with Crippen molar-refractivity contribution in [2.24, 2.45) is 11.3 Å². The molecule has 2 saturated carbocycles. The maximum Gasteiger partial charge on any atom is 0.306 e. The molecule has 2 fully saturated rings. The molecule has 0 radical (unpaired) electrons. The van der Waals surface area contributed by atoms with E-state index in [1.165, 1.54) is 0 Å². The van der Waals surface area contributed by atoms with Crippen LogP contribution < -0.4 is 10.1 Å². The number of benzene rings is 2. The average molecular weight is 535 g/mol. The number of methoxy groups -OCH3 is 1. The molecule has 8 heteroatoms. The lowest BCUT2D eigenvalue weighted by Gasteiger charge is -2.56. The van der Waals surface area contributed by atoms with E-state index >= 15 is 0 Å². The van der Waals surface area contributed by atoms with Crippen LogP contribution in [0.5, 0.6) is 5.88 Å². The van der Waals surface area contributed by atoms with Crippen LogP contribution in [0.25, 0.3) is 22.0 Å². The number of fused-ring (bicyclic) bond motifs is 1. The van der Waals surface area contributed by atoms with Gasteiger partial charge in [-0.05, 0) is 72.9 Å². The lowest BCUT2D eigenvalue weighted by molar-refractivity contribution is -0.155. The van der Waals surface area contributed by atoms with Crippen molar-refractivity contribution in [3.8, 4) is 28.8 Å². The number of pyridine rings is 1. The maximum absolute atomic E-state index is 13.5. The SMILES string of the molecule is CC#Cc1ccc(C(=O)NC2CC3(C2)CC(C(=O)O)C3)c2c1cnn2Cc1ccc(-c2ccnc(OC)c2)cc1. The van der Waals surface area contributed by atoms with Gasteiger partial charge in [-0.1, -0.05) is 30.2 Å². The molecule has 2 aromatic carbocycles. The average Bonchev–Trinajstić information content (AvgIpc) is 3.33. The van der Waals surface area contributed by atoms with Gasteiger partial charge in [-0.2, -0.15) is 5.10 Å². The first-order chi connectivity index (χ1) is 19.4. The molecule has 0 saturated heterocycles. The fraction of sp³-hybridized carbons (Fsp3) is 0.312. The number of carboxylic acids is 1. The molecular weight excluding hydrogens is 504 g/mol. The third-order valence-corrected chi connectivity index (χ3v) is 8.27. The van der Waals surface area contributed by atoms with Gasteiger partial charge in [0.15, 0.2) is 0 Å². The number of ether oxygens (including phenoxy) is 1. The summed E-state index contributed by atoms with van der Waals surface area (Å²) in [6.07, 6.45) is 6.60. The maximum atomic E-state index is 13.5. The minimum Gasteiger partial charge on any atom is -0.481 e. The van der Waals surface area contributed by atoms with E-state index in [1.54, 1.807) is 26.4 Å². The van der Waals surface area contributed by atoms with Crippen molar-refractivity contribution in [2.75, 3.05) is 7.11 Å². The summed E-state index contributed by atoms with van der Waals surface area (Å²) < 4.78 is 7.11. The minimum absolute atomic E-state index is 0.0585. The molecule has 0 atom stereocenters. The summed E-state index contributed by atoms with van der Waals surface area (Å²) in [6, 6.07) is 15.8. The third kappa shape index (κ3) is 4.68. The standard InChI is InChI=1S/C32H30N4O4/c1-3-4-22-9-10-26(30(37)35-25-16-32(17-25)14-24(15-32)31(38)39)29-27(22)18-34-36(29)19-20-5-7-21(8-6-20)23-11-12-33-28(13-23)40-2/h5-13,18,24-25H,14-17,19H2,1-2H3,(H,35,37)(H,38,39). The highest BCUT2D eigenvalue weighted by atomic mass is 16.5. The largest absolute Gasteiger partial charge is 0.481 e. The number of carboxylic acid groups (broad SMARTS) is 1. The molecule has 2 aliphatic carbocycles. The molecule has 40 heavy (non-hydrogen) atoms. The van der Waals surface area contributed by atoms with Crippen LogP contribution in [0.15, 0.2) is 60.9 Å². The van der Waals surface area contributed by atoms with E-state index < -0.39 is 5.97 Å². The summed E-state index contributed by atoms with van der Waals surface area (Å²) in [5.74, 6) is 5.56. The lowest BCUT2D eigenvalue weighted by atomic mass is 9.50. The molecule has 2 heterocycles. The first-order valence-electron chi connectivity index (χ1n) is 13.4. The molecule has 6 rings (SSSR count). The van der Waals surface area contributed by atoms with Crippen molar-refractivity contribution in [1.29, 1.82) is 0 Å². The summed E-state index contributed by atoms with van der Waals surface area (Å²) in [5, 5.41) is 17.9. The fourth-order valence-electron chi connectivity index (χ4n) is 6.27. The van der Waals surface area contributed by atoms with Gasteiger partial charge in [0.1, 0.15) is 0 Å². The lowest BCUT2D eigenvalue weighted by Crippen LogP contribution is -2.57. The molecule has 2 aromatic heterocycles. The highest BCUT2D eigenvalue weighted by molar-refractivity contribution is 6.07. The van der Waals surface area contributed by atoms with E-state index in [9.17, 15) is 14.7 Å². The highest BCUT2D eigenvalue weighted by Gasteiger charge is 2.55. The van der Waals surface area contributed by atoms with Crippen molar-refractivity contribution in [3.05, 3.63) is 77.6 Å². The van der Waals surface area contributed by atoms with E-state index in [1.807, 2.05) is 28.9 Å². The molecule has 2 N–H and O–H groups in total. The number of carbonyl (C=O) groups excluding carboxylic acids is 1. The van der Waals surface area contributed by atoms with Crippen molar-refractivity contribution in [3.63, 3.8) is 0 Å². The molecule has 0 bridgehead atoms. The summed E-state index contributed by atoms with van der Waals surface area (Å²) in [7, 11) is 1.60. The zero-order valence-corrected chi connectivity index (χ0v) is 22.5. The van der Waals surface area contributed by atoms with Gasteiger partial charge in [0.25, 0.3) is 5.91 Å². The van der Waals surface area contributed by atoms with Gasteiger partial charge in [-0.25, -0.2) is 4.98 Å². The first kappa shape index (κ1) is 25.6. The number of carbonyl (C=O) groups is 2. The molecule has 0 aliphatic heterocycles. The van der Waals surface area contributed by atoms with Crippen LogP contribution in [0.2, 0.25) is 0 Å². The Morgan fingerprint density at radius 1 is 1.10 bits per heavy atom. The normalized spacial score (nSPS) is 21.1. The molecular formula is C32H30N4O4. The summed E-state index contributed by atoms with van der Waals surface area (Å²) in [4.78, 5) is 28.9. The topological polar surface area (TPSA) is 106 Å². The van der Waals surface area contributed by atoms with Crippen LogP contribution in [0.4, 0.5) is 0 Å². The van der Waals surface area contributed by atoms with Crippen LogP contribution in [0.3, 0.4) is 0 Å². The molecule has 1 amide bonds. The zero-order valence-electron chi connectivity index (χ0n) is 22.5. The molecule has 2 aliphatic rings. The van der Waals surface area contributed by atoms with Crippen molar-refractivity contribution in [2.45, 2.75) is 45.2 Å². The predicted molar refractivity (Wildman–Crippen MR) is 151 cm³/mol. The molecule has 202 valence electrons. The Kier molecular flexibility index (Phi) is 6.51. The van der Waals surface area contributed by atoms with E-state index in [2.05, 4.69) is 51.5 Å². The quantitative estimate of drug-likeness (QED) is 0.327. The summed E-state index contributed by atoms with van der Waals surface area (Å²) >= 11 is 0. The second-order valence-electron chi connectivity index (χ2n) is 10.9. The number of hydrogen-bond donors (Lipinski definition) is 2. The van der Waals surface area contributed by atoms with E-state index in [-0.39, 0.29) is 23.3 Å². The predicted octanol–water partition coefficient (Wildman–Crippen LogP) is 4.90. The molecule has 1 spiro atoms. The number of hydrogen-bond acceptors (Lipinski definition) is 5. The Morgan fingerprint density at radius 3 is 2.58 bits per heavy atom. The summed E-state index contributed by atoms with van der Waals surface area (Å²) in [5.41, 5.74) is 5.35. The third-order valence-electron chi connectivity index (χ3n) is 8.27. The van der Waals surface area contributed by atoms with E-state index in [4.69, 9.17) is 4.74 Å². The van der Waals surface area contributed by atoms with Gasteiger partial charge in [-0.15, -0.1) is 5.92 Å². The van der Waals surface area contributed by atoms with Crippen LogP contribution in [-0.2, 0) is 11.3 Å². The van der Waals surface area contributed by atoms with Crippen molar-refractivity contribution < 1.29 is 19.4 Å². The van der Waals surface area contributed by atoms with Gasteiger partial charge in [0, 0.05) is 29.3 Å². The second kappa shape index (κ2) is 10.2. The number of rotatable bonds is 7. The van der Waals surface area contributed by atoms with E-state index in [0.29, 0.717) is 30.8 Å². The number of aliphatic carboxylic acids is 1. The van der Waals surface area contributed by atoms with Crippen LogP contribution >= 0.6 is 0 Å². The van der Waals surface area contributed by atoms with Crippen LogP contribution in [0.1, 0.15) is 54.1 Å². The Balaban J connectivity index is 1.23. The van der Waals surface area contributed by atoms with Gasteiger partial charge in [-0.3, -0.25) is 14.3 Å². The Bertz CT molecular complexity index is 1660. The van der Waals surface area contributed by atoms with Crippen molar-refractivity contribution >= 4 is 22.8 Å². The van der Waals surface area contributed by atoms with Crippen molar-refractivity contribution in [1.82, 2.24) is 20.1 Å². The van der Waals surface area contributed by atoms with Gasteiger partial charge < -0.3 is 15.2 Å². The summed E-state index contributed by atoms with van der Waals surface area (Å²) in [6.45, 7) is 2.29.